The molecule has 30 heavy (non-hydrogen) atoms. The molecule has 1 atom stereocenters. The zero-order chi connectivity index (χ0) is 21.9. The monoisotopic (exact) mass is 410 g/mol. The number of pyridine rings is 2. The van der Waals surface area contributed by atoms with Gasteiger partial charge in [-0.25, -0.2) is 4.98 Å². The van der Waals surface area contributed by atoms with E-state index < -0.39 is 0 Å². The second-order valence-electron chi connectivity index (χ2n) is 9.11. The maximum absolute atomic E-state index is 5.24. The third kappa shape index (κ3) is 4.19. The average molecular weight is 411 g/mol. The van der Waals surface area contributed by atoms with Crippen LogP contribution in [0.15, 0.2) is 24.4 Å². The van der Waals surface area contributed by atoms with Gasteiger partial charge in [-0.15, -0.1) is 0 Å². The van der Waals surface area contributed by atoms with Crippen molar-refractivity contribution in [3.05, 3.63) is 46.9 Å². The van der Waals surface area contributed by atoms with E-state index in [-0.39, 0.29) is 6.84 Å². The van der Waals surface area contributed by atoms with Crippen molar-refractivity contribution in [2.24, 2.45) is 0 Å². The van der Waals surface area contributed by atoms with Gasteiger partial charge in [0.1, 0.15) is 5.82 Å². The number of anilines is 2. The molecule has 3 heterocycles. The Balaban J connectivity index is 0.00000111. The minimum atomic E-state index is 0. The van der Waals surface area contributed by atoms with Gasteiger partial charge in [-0.05, 0) is 83.6 Å². The number of aryl methyl sites for hydroxylation is 3. The molecule has 1 unspecified atom stereocenters. The zero-order valence-electron chi connectivity index (χ0n) is 20.0. The van der Waals surface area contributed by atoms with Crippen LogP contribution in [-0.4, -0.2) is 28.6 Å². The molecule has 4 heteroatoms. The topological polar surface area (TPSA) is 41.1 Å². The van der Waals surface area contributed by atoms with Gasteiger partial charge >= 0.3 is 0 Å². The number of nitrogens with one attached hydrogen (secondary N) is 1. The first-order valence-corrected chi connectivity index (χ1v) is 11.9. The van der Waals surface area contributed by atoms with Crippen molar-refractivity contribution in [3.63, 3.8) is 0 Å². The normalized spacial score (nSPS) is 18.1. The van der Waals surface area contributed by atoms with Gasteiger partial charge in [0.2, 0.25) is 0 Å². The first-order valence-electron chi connectivity index (χ1n) is 11.9. The number of rotatable bonds is 5. The number of hydrogen-bond acceptors (Lipinski definition) is 4. The Hall–Kier alpha value is -2.10. The van der Waals surface area contributed by atoms with Crippen molar-refractivity contribution in [1.82, 2.24) is 9.97 Å². The van der Waals surface area contributed by atoms with E-state index >= 15 is 0 Å². The van der Waals surface area contributed by atoms with E-state index in [1.54, 1.807) is 0 Å². The van der Waals surface area contributed by atoms with Crippen molar-refractivity contribution >= 4 is 11.5 Å². The van der Waals surface area contributed by atoms with Gasteiger partial charge in [-0.1, -0.05) is 26.3 Å². The van der Waals surface area contributed by atoms with E-state index in [4.69, 9.17) is 4.98 Å². The molecule has 1 N–H and O–H groups in total. The summed E-state index contributed by atoms with van der Waals surface area (Å²) in [5.41, 5.74) is 6.45. The molecule has 0 spiro atoms. The number of aromatic nitrogens is 2. The summed E-state index contributed by atoms with van der Waals surface area (Å²) in [6.07, 6.45) is 7.94. The third-order valence-corrected chi connectivity index (χ3v) is 6.85. The molecule has 2 aromatic heterocycles. The summed E-state index contributed by atoms with van der Waals surface area (Å²) >= 11 is 0. The van der Waals surface area contributed by atoms with Gasteiger partial charge in [0.05, 0.1) is 11.4 Å². The molecule has 0 amide bonds. The van der Waals surface area contributed by atoms with Crippen LogP contribution in [-0.2, 0) is 11.8 Å². The Labute approximate surface area is 185 Å². The quantitative estimate of drug-likeness (QED) is 0.615. The molecule has 0 bridgehead atoms. The largest absolute Gasteiger partial charge is 0.368 e. The lowest BCUT2D eigenvalue weighted by Gasteiger charge is -2.47. The molecule has 4 rings (SSSR count). The van der Waals surface area contributed by atoms with Gasteiger partial charge in [-0.3, -0.25) is 4.98 Å². The van der Waals surface area contributed by atoms with Crippen LogP contribution >= 0.6 is 0 Å². The Morgan fingerprint density at radius 3 is 2.43 bits per heavy atom. The third-order valence-electron chi connectivity index (χ3n) is 6.85. The fourth-order valence-corrected chi connectivity index (χ4v) is 4.97. The molecule has 4 nitrogen and oxygen atoms in total. The van der Waals surface area contributed by atoms with E-state index in [1.165, 1.54) is 53.9 Å². The van der Waals surface area contributed by atoms with Crippen LogP contribution in [0, 0.1) is 13.8 Å². The summed E-state index contributed by atoms with van der Waals surface area (Å²) in [5.74, 6) is 1.01. The Kier molecular flexibility index (Phi) is 7.05. The maximum Gasteiger partial charge on any atom is 0.129 e. The van der Waals surface area contributed by atoms with Gasteiger partial charge in [0.15, 0.2) is 0 Å². The van der Waals surface area contributed by atoms with Crippen molar-refractivity contribution in [1.29, 1.82) is 0 Å². The summed E-state index contributed by atoms with van der Waals surface area (Å²) in [5, 5.41) is 3.72. The first kappa shape index (κ1) is 22.6. The molecule has 166 valence electrons. The lowest BCUT2D eigenvalue weighted by atomic mass is 9.62. The van der Waals surface area contributed by atoms with E-state index in [2.05, 4.69) is 68.0 Å². The molecule has 1 fully saturated rings. The van der Waals surface area contributed by atoms with Crippen molar-refractivity contribution in [3.8, 4) is 0 Å². The molecular formula is C26H42N4. The molecule has 2 aliphatic rings. The molecular weight excluding hydrogens is 368 g/mol. The number of hydrogen-bond donors (Lipinski definition) is 1. The SMILES string of the molecule is CC.Cc1cnc(NC(C)C2(c3ccc4c(n3)CCCN4C(C)C)CCC2)c(C)c1.[HH]. The van der Waals surface area contributed by atoms with Crippen molar-refractivity contribution < 1.29 is 1.43 Å². The van der Waals surface area contributed by atoms with Gasteiger partial charge < -0.3 is 10.2 Å². The van der Waals surface area contributed by atoms with Crippen LogP contribution in [0.25, 0.3) is 0 Å². The second kappa shape index (κ2) is 9.36. The lowest BCUT2D eigenvalue weighted by molar-refractivity contribution is 0.208. The summed E-state index contributed by atoms with van der Waals surface area (Å²) in [6.45, 7) is 16.2. The number of fused-ring (bicyclic) bond motifs is 1. The standard InChI is InChI=1S/C24H34N4.C2H6.H2/c1-16(2)28-13-6-8-20-21(28)9-10-22(27-20)24(11-7-12-24)19(5)26-23-18(4)14-17(3)15-25-23;1-2;/h9-10,14-16,19H,6-8,11-13H2,1-5H3,(H,25,26);1-2H3;1H. The van der Waals surface area contributed by atoms with Crippen LogP contribution in [0.5, 0.6) is 0 Å². The van der Waals surface area contributed by atoms with Crippen LogP contribution in [0.4, 0.5) is 11.5 Å². The highest BCUT2D eigenvalue weighted by atomic mass is 15.2. The van der Waals surface area contributed by atoms with E-state index in [0.29, 0.717) is 12.1 Å². The van der Waals surface area contributed by atoms with Gasteiger partial charge in [0, 0.05) is 37.4 Å². The predicted octanol–water partition coefficient (Wildman–Crippen LogP) is 6.45. The molecule has 2 aromatic rings. The van der Waals surface area contributed by atoms with Crippen LogP contribution in [0.3, 0.4) is 0 Å². The maximum atomic E-state index is 5.24. The Morgan fingerprint density at radius 1 is 1.10 bits per heavy atom. The van der Waals surface area contributed by atoms with Gasteiger partial charge in [-0.2, -0.15) is 0 Å². The van der Waals surface area contributed by atoms with Crippen molar-refractivity contribution in [2.45, 2.75) is 98.1 Å². The molecule has 0 saturated heterocycles. The highest BCUT2D eigenvalue weighted by Crippen LogP contribution is 2.47. The molecule has 0 aromatic carbocycles. The van der Waals surface area contributed by atoms with Gasteiger partial charge in [0.25, 0.3) is 0 Å². The molecule has 1 aliphatic carbocycles. The fraction of sp³-hybridized carbons (Fsp3) is 0.615. The first-order chi connectivity index (χ1) is 14.4. The van der Waals surface area contributed by atoms with Crippen LogP contribution in [0.1, 0.15) is 84.2 Å². The zero-order valence-corrected chi connectivity index (χ0v) is 20.0. The Morgan fingerprint density at radius 2 is 1.83 bits per heavy atom. The van der Waals surface area contributed by atoms with Crippen LogP contribution < -0.4 is 10.2 Å². The molecule has 1 aliphatic heterocycles. The van der Waals surface area contributed by atoms with E-state index in [1.807, 2.05) is 20.0 Å². The highest BCUT2D eigenvalue weighted by Gasteiger charge is 2.45. The summed E-state index contributed by atoms with van der Waals surface area (Å²) < 4.78 is 0. The summed E-state index contributed by atoms with van der Waals surface area (Å²) in [6, 6.07) is 7.67. The highest BCUT2D eigenvalue weighted by molar-refractivity contribution is 5.55. The second-order valence-corrected chi connectivity index (χ2v) is 9.11. The minimum absolute atomic E-state index is 0. The molecule has 1 saturated carbocycles. The summed E-state index contributed by atoms with van der Waals surface area (Å²) in [4.78, 5) is 12.4. The molecule has 0 radical (unpaired) electrons. The Bertz CT molecular complexity index is 860. The average Bonchev–Trinajstić information content (AvgIpc) is 2.70. The predicted molar refractivity (Wildman–Crippen MR) is 131 cm³/mol. The van der Waals surface area contributed by atoms with E-state index in [0.717, 1.165) is 18.8 Å². The number of nitrogens with zero attached hydrogens (tertiary/aromatic N) is 3. The van der Waals surface area contributed by atoms with Crippen molar-refractivity contribution in [2.75, 3.05) is 16.8 Å². The fourth-order valence-electron chi connectivity index (χ4n) is 4.97. The smallest absolute Gasteiger partial charge is 0.129 e. The van der Waals surface area contributed by atoms with E-state index in [9.17, 15) is 0 Å². The van der Waals surface area contributed by atoms with Crippen LogP contribution in [0.2, 0.25) is 0 Å². The lowest BCUT2D eigenvalue weighted by Crippen LogP contribution is -2.49. The minimum Gasteiger partial charge on any atom is -0.368 e. The summed E-state index contributed by atoms with van der Waals surface area (Å²) in [7, 11) is 0.